The Balaban J connectivity index is 1.91. The highest BCUT2D eigenvalue weighted by molar-refractivity contribution is 7.07. The van der Waals surface area contributed by atoms with E-state index < -0.39 is 6.36 Å². The molecule has 0 amide bonds. The summed E-state index contributed by atoms with van der Waals surface area (Å²) in [5.74, 6) is 0.462. The van der Waals surface area contributed by atoms with Crippen molar-refractivity contribution in [2.45, 2.75) is 12.9 Å². The van der Waals surface area contributed by atoms with Crippen molar-refractivity contribution >= 4 is 17.2 Å². The van der Waals surface area contributed by atoms with Gasteiger partial charge in [0.15, 0.2) is 5.51 Å². The van der Waals surface area contributed by atoms with Crippen LogP contribution >= 0.6 is 11.3 Å². The maximum absolute atomic E-state index is 11.9. The third-order valence-electron chi connectivity index (χ3n) is 2.02. The number of nitrogens with zero attached hydrogens (tertiary/aromatic N) is 1. The molecule has 1 aromatic carbocycles. The Hall–Kier alpha value is -1.76. The minimum Gasteiger partial charge on any atom is -0.406 e. The summed E-state index contributed by atoms with van der Waals surface area (Å²) in [5, 5.41) is 4.81. The predicted molar refractivity (Wildman–Crippen MR) is 61.4 cm³/mol. The molecule has 0 saturated heterocycles. The molecule has 95 valence electrons. The Kier molecular flexibility index (Phi) is 3.71. The highest BCUT2D eigenvalue weighted by atomic mass is 32.1. The summed E-state index contributed by atoms with van der Waals surface area (Å²) in [6.07, 6.45) is -4.66. The van der Waals surface area contributed by atoms with Gasteiger partial charge in [-0.15, -0.1) is 24.5 Å². The van der Waals surface area contributed by atoms with Gasteiger partial charge in [-0.25, -0.2) is 4.98 Å². The van der Waals surface area contributed by atoms with E-state index in [1.165, 1.54) is 23.5 Å². The number of hydrogen-bond acceptors (Lipinski definition) is 4. The number of nitrogens with one attached hydrogen (secondary N) is 1. The number of hydrogen-bond donors (Lipinski definition) is 1. The standard InChI is InChI=1S/C11H8F3N2OS/c12-11(13,14)17-9-3-1-8(2-4-9)5-15-10-6-18-7-16-10/h1-4,6,15H,5H2. The van der Waals surface area contributed by atoms with Gasteiger partial charge >= 0.3 is 6.36 Å². The molecule has 2 rings (SSSR count). The smallest absolute Gasteiger partial charge is 0.406 e. The molecule has 2 aromatic rings. The van der Waals surface area contributed by atoms with Crippen molar-refractivity contribution in [2.75, 3.05) is 5.32 Å². The average molecular weight is 273 g/mol. The van der Waals surface area contributed by atoms with Crippen LogP contribution in [0.3, 0.4) is 0 Å². The van der Waals surface area contributed by atoms with Gasteiger partial charge in [-0.1, -0.05) is 12.1 Å². The summed E-state index contributed by atoms with van der Waals surface area (Å²) in [6, 6.07) is 5.67. The lowest BCUT2D eigenvalue weighted by Gasteiger charge is -2.09. The van der Waals surface area contributed by atoms with Crippen LogP contribution in [0.2, 0.25) is 0 Å². The molecule has 0 fully saturated rings. The molecule has 0 aliphatic rings. The average Bonchev–Trinajstić information content (AvgIpc) is 2.79. The van der Waals surface area contributed by atoms with Gasteiger partial charge in [-0.2, -0.15) is 0 Å². The number of rotatable bonds is 4. The van der Waals surface area contributed by atoms with Crippen LogP contribution in [0, 0.1) is 5.51 Å². The zero-order chi connectivity index (χ0) is 13.0. The largest absolute Gasteiger partial charge is 0.573 e. The molecule has 0 aliphatic carbocycles. The summed E-state index contributed by atoms with van der Waals surface area (Å²) >= 11 is 1.34. The lowest BCUT2D eigenvalue weighted by atomic mass is 10.2. The topological polar surface area (TPSA) is 34.1 Å². The summed E-state index contributed by atoms with van der Waals surface area (Å²) in [4.78, 5) is 3.91. The van der Waals surface area contributed by atoms with Crippen LogP contribution in [0.25, 0.3) is 0 Å². The van der Waals surface area contributed by atoms with Crippen molar-refractivity contribution in [1.82, 2.24) is 4.98 Å². The SMILES string of the molecule is FC(F)(F)Oc1ccc(CNc2cs[c]n2)cc1. The molecule has 1 radical (unpaired) electrons. The van der Waals surface area contributed by atoms with Crippen molar-refractivity contribution in [1.29, 1.82) is 0 Å². The molecule has 7 heteroatoms. The first-order chi connectivity index (χ1) is 8.53. The molecule has 0 aliphatic heterocycles. The lowest BCUT2D eigenvalue weighted by Crippen LogP contribution is -2.17. The maximum Gasteiger partial charge on any atom is 0.573 e. The number of anilines is 1. The number of ether oxygens (including phenoxy) is 1. The molecule has 0 atom stereocenters. The van der Waals surface area contributed by atoms with Gasteiger partial charge < -0.3 is 10.1 Å². The molecule has 3 nitrogen and oxygen atoms in total. The van der Waals surface area contributed by atoms with E-state index in [4.69, 9.17) is 0 Å². The Morgan fingerprint density at radius 3 is 2.56 bits per heavy atom. The number of aromatic nitrogens is 1. The highest BCUT2D eigenvalue weighted by Crippen LogP contribution is 2.22. The van der Waals surface area contributed by atoms with Crippen molar-refractivity contribution < 1.29 is 17.9 Å². The number of thiazole rings is 1. The molecule has 1 N–H and O–H groups in total. The molecule has 0 bridgehead atoms. The van der Waals surface area contributed by atoms with Crippen molar-refractivity contribution in [3.8, 4) is 5.75 Å². The summed E-state index contributed by atoms with van der Waals surface area (Å²) < 4.78 is 39.6. The lowest BCUT2D eigenvalue weighted by molar-refractivity contribution is -0.274. The second kappa shape index (κ2) is 5.26. The Labute approximate surface area is 105 Å². The quantitative estimate of drug-likeness (QED) is 0.926. The van der Waals surface area contributed by atoms with E-state index in [1.807, 2.05) is 0 Å². The number of halogens is 3. The Bertz CT molecular complexity index is 482. The van der Waals surface area contributed by atoms with Crippen LogP contribution in [-0.4, -0.2) is 11.3 Å². The van der Waals surface area contributed by atoms with E-state index in [2.05, 4.69) is 20.5 Å². The highest BCUT2D eigenvalue weighted by Gasteiger charge is 2.30. The third-order valence-corrected chi connectivity index (χ3v) is 2.56. The first kappa shape index (κ1) is 12.7. The Morgan fingerprint density at radius 1 is 1.28 bits per heavy atom. The first-order valence-corrected chi connectivity index (χ1v) is 5.81. The van der Waals surface area contributed by atoms with Crippen LogP contribution in [0.15, 0.2) is 29.6 Å². The Morgan fingerprint density at radius 2 is 2.00 bits per heavy atom. The predicted octanol–water partition coefficient (Wildman–Crippen LogP) is 3.45. The first-order valence-electron chi connectivity index (χ1n) is 4.93. The molecule has 1 aromatic heterocycles. The minimum absolute atomic E-state index is 0.228. The molecule has 0 saturated carbocycles. The van der Waals surface area contributed by atoms with Gasteiger partial charge in [0, 0.05) is 11.9 Å². The third kappa shape index (κ3) is 3.92. The zero-order valence-corrected chi connectivity index (χ0v) is 9.81. The van der Waals surface area contributed by atoms with Crippen LogP contribution in [0.5, 0.6) is 5.75 Å². The second-order valence-corrected chi connectivity index (χ2v) is 4.02. The van der Waals surface area contributed by atoms with Crippen LogP contribution in [0.4, 0.5) is 19.0 Å². The molecular formula is C11H8F3N2OS. The van der Waals surface area contributed by atoms with Crippen molar-refractivity contribution in [3.63, 3.8) is 0 Å². The summed E-state index contributed by atoms with van der Waals surface area (Å²) in [6.45, 7) is 0.476. The van der Waals surface area contributed by atoms with E-state index in [9.17, 15) is 13.2 Å². The van der Waals surface area contributed by atoms with E-state index >= 15 is 0 Å². The van der Waals surface area contributed by atoms with E-state index in [1.54, 1.807) is 17.5 Å². The van der Waals surface area contributed by atoms with Crippen molar-refractivity contribution in [3.05, 3.63) is 40.7 Å². The fourth-order valence-electron chi connectivity index (χ4n) is 1.27. The molecule has 18 heavy (non-hydrogen) atoms. The van der Waals surface area contributed by atoms with E-state index in [0.29, 0.717) is 12.4 Å². The maximum atomic E-state index is 11.9. The monoisotopic (exact) mass is 273 g/mol. The molecule has 0 unspecified atom stereocenters. The normalized spacial score (nSPS) is 11.3. The van der Waals surface area contributed by atoms with Crippen LogP contribution < -0.4 is 10.1 Å². The van der Waals surface area contributed by atoms with Gasteiger partial charge in [0.05, 0.1) is 0 Å². The second-order valence-electron chi connectivity index (χ2n) is 3.37. The van der Waals surface area contributed by atoms with Gasteiger partial charge in [0.1, 0.15) is 11.6 Å². The van der Waals surface area contributed by atoms with E-state index in [-0.39, 0.29) is 5.75 Å². The van der Waals surface area contributed by atoms with Gasteiger partial charge in [0.25, 0.3) is 0 Å². The van der Waals surface area contributed by atoms with E-state index in [0.717, 1.165) is 5.56 Å². The minimum atomic E-state index is -4.66. The fourth-order valence-corrected chi connectivity index (χ4v) is 1.72. The molecule has 1 heterocycles. The molecule has 0 spiro atoms. The van der Waals surface area contributed by atoms with Crippen LogP contribution in [-0.2, 0) is 6.54 Å². The number of alkyl halides is 3. The fraction of sp³-hybridized carbons (Fsp3) is 0.182. The van der Waals surface area contributed by atoms with Crippen molar-refractivity contribution in [2.24, 2.45) is 0 Å². The zero-order valence-electron chi connectivity index (χ0n) is 8.99. The van der Waals surface area contributed by atoms with Gasteiger partial charge in [-0.3, -0.25) is 0 Å². The van der Waals surface area contributed by atoms with Crippen LogP contribution in [0.1, 0.15) is 5.56 Å². The number of benzene rings is 1. The molecular weight excluding hydrogens is 265 g/mol. The van der Waals surface area contributed by atoms with Gasteiger partial charge in [0.2, 0.25) is 0 Å². The summed E-state index contributed by atoms with van der Waals surface area (Å²) in [7, 11) is 0. The summed E-state index contributed by atoms with van der Waals surface area (Å²) in [5.41, 5.74) is 3.52. The van der Waals surface area contributed by atoms with Gasteiger partial charge in [-0.05, 0) is 17.7 Å².